The van der Waals surface area contributed by atoms with Gasteiger partial charge in [0.15, 0.2) is 5.82 Å². The molecule has 1 aromatic carbocycles. The predicted molar refractivity (Wildman–Crippen MR) is 103 cm³/mol. The third kappa shape index (κ3) is 3.59. The van der Waals surface area contributed by atoms with Crippen molar-refractivity contribution in [1.29, 1.82) is 0 Å². The minimum Gasteiger partial charge on any atom is -0.379 e. The zero-order valence-electron chi connectivity index (χ0n) is 15.0. The van der Waals surface area contributed by atoms with Crippen molar-refractivity contribution in [2.45, 2.75) is 32.4 Å². The van der Waals surface area contributed by atoms with E-state index in [0.29, 0.717) is 5.92 Å². The Morgan fingerprint density at radius 3 is 2.62 bits per heavy atom. The van der Waals surface area contributed by atoms with Gasteiger partial charge in [-0.2, -0.15) is 0 Å². The van der Waals surface area contributed by atoms with Crippen LogP contribution in [0.2, 0.25) is 0 Å². The Kier molecular flexibility index (Phi) is 4.91. The highest BCUT2D eigenvalue weighted by atomic mass is 16.3. The lowest BCUT2D eigenvalue weighted by atomic mass is 9.89. The van der Waals surface area contributed by atoms with Crippen molar-refractivity contribution in [1.82, 2.24) is 14.9 Å². The maximum Gasteiger partial charge on any atom is 0.159 e. The van der Waals surface area contributed by atoms with Crippen molar-refractivity contribution in [3.8, 4) is 11.4 Å². The molecule has 0 radical (unpaired) electrons. The number of nitrogens with zero attached hydrogens (tertiary/aromatic N) is 4. The highest BCUT2D eigenvalue weighted by molar-refractivity contribution is 5.99. The Morgan fingerprint density at radius 1 is 1.12 bits per heavy atom. The first-order valence-corrected chi connectivity index (χ1v) is 9.26. The molecule has 134 valence electrons. The first-order valence-electron chi connectivity index (χ1n) is 9.26. The molecule has 2 unspecified atom stereocenters. The average molecular weight is 348 g/mol. The van der Waals surface area contributed by atoms with Gasteiger partial charge in [0, 0.05) is 60.9 Å². The van der Waals surface area contributed by atoms with Gasteiger partial charge in [-0.15, -0.1) is 0 Å². The van der Waals surface area contributed by atoms with Crippen molar-refractivity contribution in [3.63, 3.8) is 0 Å². The summed E-state index contributed by atoms with van der Waals surface area (Å²) in [6.45, 7) is 3.70. The van der Waals surface area contributed by atoms with Gasteiger partial charge < -0.3 is 5.11 Å². The predicted octanol–water partition coefficient (Wildman–Crippen LogP) is 3.38. The summed E-state index contributed by atoms with van der Waals surface area (Å²) in [5.74, 6) is 1.17. The number of hydrogen-bond donors (Lipinski definition) is 1. The second-order valence-electron chi connectivity index (χ2n) is 7.08. The summed E-state index contributed by atoms with van der Waals surface area (Å²) < 4.78 is 0. The summed E-state index contributed by atoms with van der Waals surface area (Å²) in [6, 6.07) is 10.0. The molecule has 2 aliphatic heterocycles. The molecule has 2 atom stereocenters. The van der Waals surface area contributed by atoms with E-state index in [-0.39, 0.29) is 6.23 Å². The van der Waals surface area contributed by atoms with E-state index in [1.54, 1.807) is 0 Å². The molecule has 2 aromatic rings. The van der Waals surface area contributed by atoms with Crippen LogP contribution in [0.15, 0.2) is 53.9 Å². The molecule has 0 saturated carbocycles. The standard InChI is InChI=1S/C21H24N4O/c1-15(26)25-9-5-8-17(14-25)20-10-18(11-22-20)19-12-23-21(24-13-19)16-6-3-2-4-7-16/h2-4,6-7,11-13,15,17,26H,5,8-10,14H2,1H3. The number of allylic oxidation sites excluding steroid dienone is 1. The largest absolute Gasteiger partial charge is 0.379 e. The number of hydrogen-bond acceptors (Lipinski definition) is 5. The number of aromatic nitrogens is 2. The maximum absolute atomic E-state index is 9.84. The Balaban J connectivity index is 1.42. The molecule has 0 amide bonds. The molecule has 0 bridgehead atoms. The second kappa shape index (κ2) is 7.48. The lowest BCUT2D eigenvalue weighted by molar-refractivity contribution is -0.000464. The summed E-state index contributed by atoms with van der Waals surface area (Å²) in [5, 5.41) is 9.84. The number of aliphatic hydroxyl groups is 1. The van der Waals surface area contributed by atoms with Crippen LogP contribution in [-0.2, 0) is 0 Å². The van der Waals surface area contributed by atoms with Crippen molar-refractivity contribution in [3.05, 3.63) is 54.5 Å². The number of rotatable bonds is 4. The number of aliphatic imine (C=N–C) groups is 1. The van der Waals surface area contributed by atoms with E-state index in [2.05, 4.69) is 19.9 Å². The zero-order valence-corrected chi connectivity index (χ0v) is 15.0. The van der Waals surface area contributed by atoms with Crippen LogP contribution in [0.1, 0.15) is 31.7 Å². The molecule has 3 heterocycles. The Hall–Kier alpha value is -2.37. The second-order valence-corrected chi connectivity index (χ2v) is 7.08. The number of piperidine rings is 1. The van der Waals surface area contributed by atoms with E-state index in [1.807, 2.05) is 55.8 Å². The van der Waals surface area contributed by atoms with E-state index >= 15 is 0 Å². The summed E-state index contributed by atoms with van der Waals surface area (Å²) >= 11 is 0. The first-order chi connectivity index (χ1) is 12.7. The molecule has 2 aliphatic rings. The molecule has 0 spiro atoms. The molecule has 5 heteroatoms. The van der Waals surface area contributed by atoms with E-state index in [9.17, 15) is 5.11 Å². The van der Waals surface area contributed by atoms with E-state index in [1.165, 1.54) is 11.3 Å². The van der Waals surface area contributed by atoms with Crippen molar-refractivity contribution in [2.75, 3.05) is 13.1 Å². The molecule has 1 fully saturated rings. The Morgan fingerprint density at radius 2 is 1.88 bits per heavy atom. The third-order valence-electron chi connectivity index (χ3n) is 5.26. The smallest absolute Gasteiger partial charge is 0.159 e. The van der Waals surface area contributed by atoms with E-state index in [4.69, 9.17) is 0 Å². The monoisotopic (exact) mass is 348 g/mol. The highest BCUT2D eigenvalue weighted by Crippen LogP contribution is 2.30. The van der Waals surface area contributed by atoms with Gasteiger partial charge >= 0.3 is 0 Å². The minimum atomic E-state index is -0.383. The Labute approximate surface area is 154 Å². The summed E-state index contributed by atoms with van der Waals surface area (Å²) in [6.07, 6.45) is 8.46. The van der Waals surface area contributed by atoms with Crippen LogP contribution in [0, 0.1) is 5.92 Å². The summed E-state index contributed by atoms with van der Waals surface area (Å²) in [5.41, 5.74) is 4.45. The fourth-order valence-electron chi connectivity index (χ4n) is 3.72. The average Bonchev–Trinajstić information content (AvgIpc) is 3.19. The van der Waals surface area contributed by atoms with Gasteiger partial charge in [-0.05, 0) is 25.3 Å². The van der Waals surface area contributed by atoms with Gasteiger partial charge in [0.2, 0.25) is 0 Å². The summed E-state index contributed by atoms with van der Waals surface area (Å²) in [7, 11) is 0. The molecular weight excluding hydrogens is 324 g/mol. The number of aliphatic hydroxyl groups excluding tert-OH is 1. The van der Waals surface area contributed by atoms with Gasteiger partial charge in [-0.25, -0.2) is 9.97 Å². The third-order valence-corrected chi connectivity index (χ3v) is 5.26. The molecule has 1 aromatic heterocycles. The van der Waals surface area contributed by atoms with Gasteiger partial charge in [-0.3, -0.25) is 9.89 Å². The van der Waals surface area contributed by atoms with Crippen LogP contribution in [-0.4, -0.2) is 45.0 Å². The molecule has 1 saturated heterocycles. The minimum absolute atomic E-state index is 0.383. The molecule has 4 rings (SSSR count). The zero-order chi connectivity index (χ0) is 17.9. The van der Waals surface area contributed by atoms with Gasteiger partial charge in [-0.1, -0.05) is 30.3 Å². The van der Waals surface area contributed by atoms with Crippen LogP contribution >= 0.6 is 0 Å². The first kappa shape index (κ1) is 17.1. The van der Waals surface area contributed by atoms with E-state index < -0.39 is 0 Å². The molecule has 0 aliphatic carbocycles. The van der Waals surface area contributed by atoms with Gasteiger partial charge in [0.25, 0.3) is 0 Å². The van der Waals surface area contributed by atoms with Crippen LogP contribution in [0.3, 0.4) is 0 Å². The fraction of sp³-hybridized carbons (Fsp3) is 0.381. The van der Waals surface area contributed by atoms with E-state index in [0.717, 1.165) is 49.3 Å². The number of benzene rings is 1. The SMILES string of the molecule is CC(O)N1CCCC(C2=NC=C(c3cnc(-c4ccccc4)nc3)C2)C1. The highest BCUT2D eigenvalue weighted by Gasteiger charge is 2.28. The van der Waals surface area contributed by atoms with Crippen LogP contribution in [0.25, 0.3) is 17.0 Å². The lowest BCUT2D eigenvalue weighted by Gasteiger charge is -2.34. The van der Waals surface area contributed by atoms with Crippen LogP contribution in [0.5, 0.6) is 0 Å². The Bertz CT molecular complexity index is 812. The van der Waals surface area contributed by atoms with Crippen molar-refractivity contribution in [2.24, 2.45) is 10.9 Å². The quantitative estimate of drug-likeness (QED) is 0.920. The molecule has 5 nitrogen and oxygen atoms in total. The van der Waals surface area contributed by atoms with Gasteiger partial charge in [0.05, 0.1) is 0 Å². The van der Waals surface area contributed by atoms with Crippen molar-refractivity contribution < 1.29 is 5.11 Å². The van der Waals surface area contributed by atoms with Crippen LogP contribution in [0.4, 0.5) is 0 Å². The van der Waals surface area contributed by atoms with Crippen LogP contribution < -0.4 is 0 Å². The fourth-order valence-corrected chi connectivity index (χ4v) is 3.72. The molecule has 1 N–H and O–H groups in total. The van der Waals surface area contributed by atoms with Gasteiger partial charge in [0.1, 0.15) is 6.23 Å². The topological polar surface area (TPSA) is 61.6 Å². The van der Waals surface area contributed by atoms with Crippen molar-refractivity contribution >= 4 is 11.3 Å². The summed E-state index contributed by atoms with van der Waals surface area (Å²) in [4.78, 5) is 15.9. The molecule has 26 heavy (non-hydrogen) atoms. The lowest BCUT2D eigenvalue weighted by Crippen LogP contribution is -2.43. The molecular formula is C21H24N4O. The number of likely N-dealkylation sites (tertiary alicyclic amines) is 1. The maximum atomic E-state index is 9.84. The normalized spacial score (nSPS) is 22.0.